The maximum Gasteiger partial charge on any atom is 0.0639 e. The lowest BCUT2D eigenvalue weighted by atomic mass is 9.88. The molecule has 1 fully saturated rings. The Labute approximate surface area is 103 Å². The van der Waals surface area contributed by atoms with Gasteiger partial charge in [0.1, 0.15) is 0 Å². The van der Waals surface area contributed by atoms with Crippen molar-refractivity contribution in [1.82, 2.24) is 0 Å². The zero-order valence-corrected chi connectivity index (χ0v) is 10.9. The summed E-state index contributed by atoms with van der Waals surface area (Å²) in [5.74, 6) is 1.58. The number of rotatable bonds is 2. The highest BCUT2D eigenvalue weighted by molar-refractivity contribution is 6.33. The first kappa shape index (κ1) is 11.8. The van der Waals surface area contributed by atoms with Crippen LogP contribution in [0.3, 0.4) is 0 Å². The van der Waals surface area contributed by atoms with Crippen molar-refractivity contribution < 1.29 is 0 Å². The van der Waals surface area contributed by atoms with Crippen LogP contribution in [0.15, 0.2) is 24.3 Å². The van der Waals surface area contributed by atoms with Gasteiger partial charge in [0.15, 0.2) is 0 Å². The molecule has 16 heavy (non-hydrogen) atoms. The lowest BCUT2D eigenvalue weighted by Crippen LogP contribution is -2.37. The second-order valence-electron chi connectivity index (χ2n) is 5.04. The number of piperidine rings is 1. The first-order valence-corrected chi connectivity index (χ1v) is 6.55. The summed E-state index contributed by atoms with van der Waals surface area (Å²) in [5, 5.41) is 0.881. The van der Waals surface area contributed by atoms with E-state index in [2.05, 4.69) is 30.9 Å². The highest BCUT2D eigenvalue weighted by Crippen LogP contribution is 2.31. The van der Waals surface area contributed by atoms with Gasteiger partial charge in [-0.3, -0.25) is 0 Å². The fourth-order valence-electron chi connectivity index (χ4n) is 2.48. The first-order valence-electron chi connectivity index (χ1n) is 6.18. The van der Waals surface area contributed by atoms with Crippen LogP contribution in [0.4, 0.5) is 5.69 Å². The Kier molecular flexibility index (Phi) is 3.75. The fourth-order valence-corrected chi connectivity index (χ4v) is 2.74. The van der Waals surface area contributed by atoms with E-state index in [4.69, 9.17) is 11.6 Å². The van der Waals surface area contributed by atoms with Crippen molar-refractivity contribution in [2.75, 3.05) is 18.0 Å². The van der Waals surface area contributed by atoms with Gasteiger partial charge in [-0.15, -0.1) is 0 Å². The van der Waals surface area contributed by atoms with Crippen LogP contribution in [0, 0.1) is 11.8 Å². The molecular weight excluding hydrogens is 218 g/mol. The molecule has 0 aliphatic carbocycles. The van der Waals surface area contributed by atoms with Gasteiger partial charge in [0.05, 0.1) is 10.7 Å². The number of hydrogen-bond donors (Lipinski definition) is 0. The zero-order chi connectivity index (χ0) is 11.5. The Morgan fingerprint density at radius 1 is 1.31 bits per heavy atom. The van der Waals surface area contributed by atoms with Gasteiger partial charge < -0.3 is 4.90 Å². The molecule has 1 unspecified atom stereocenters. The summed E-state index contributed by atoms with van der Waals surface area (Å²) in [7, 11) is 0. The molecule has 0 aromatic heterocycles. The van der Waals surface area contributed by atoms with Crippen molar-refractivity contribution in [2.24, 2.45) is 11.8 Å². The number of anilines is 1. The van der Waals surface area contributed by atoms with Crippen LogP contribution in [0.1, 0.15) is 26.7 Å². The van der Waals surface area contributed by atoms with Crippen molar-refractivity contribution in [2.45, 2.75) is 26.7 Å². The van der Waals surface area contributed by atoms with E-state index in [1.165, 1.54) is 18.5 Å². The molecule has 0 saturated carbocycles. The number of para-hydroxylation sites is 1. The highest BCUT2D eigenvalue weighted by atomic mass is 35.5. The second-order valence-corrected chi connectivity index (χ2v) is 5.45. The molecule has 1 aromatic rings. The average molecular weight is 238 g/mol. The topological polar surface area (TPSA) is 3.24 Å². The normalized spacial score (nSPS) is 21.5. The van der Waals surface area contributed by atoms with Crippen molar-refractivity contribution in [3.8, 4) is 0 Å². The summed E-state index contributed by atoms with van der Waals surface area (Å²) in [4.78, 5) is 2.44. The summed E-state index contributed by atoms with van der Waals surface area (Å²) in [6.45, 7) is 6.94. The fraction of sp³-hybridized carbons (Fsp3) is 0.571. The maximum atomic E-state index is 6.24. The number of benzene rings is 1. The molecule has 1 heterocycles. The standard InChI is InChI=1S/C14H20ClN/c1-11(2)12-6-5-9-16(10-12)14-8-4-3-7-13(14)15/h3-4,7-8,11-12H,5-6,9-10H2,1-2H3. The third kappa shape index (κ3) is 2.52. The minimum absolute atomic E-state index is 0.769. The van der Waals surface area contributed by atoms with Crippen molar-refractivity contribution in [3.63, 3.8) is 0 Å². The Morgan fingerprint density at radius 3 is 2.75 bits per heavy atom. The lowest BCUT2D eigenvalue weighted by Gasteiger charge is -2.36. The molecule has 2 heteroatoms. The summed E-state index contributed by atoms with van der Waals surface area (Å²) < 4.78 is 0. The minimum Gasteiger partial charge on any atom is -0.370 e. The summed E-state index contributed by atoms with van der Waals surface area (Å²) in [6, 6.07) is 8.18. The summed E-state index contributed by atoms with van der Waals surface area (Å²) in [5.41, 5.74) is 1.20. The average Bonchev–Trinajstić information content (AvgIpc) is 2.30. The van der Waals surface area contributed by atoms with Crippen LogP contribution in [0.25, 0.3) is 0 Å². The maximum absolute atomic E-state index is 6.24. The number of hydrogen-bond acceptors (Lipinski definition) is 1. The monoisotopic (exact) mass is 237 g/mol. The van der Waals surface area contributed by atoms with E-state index in [0.29, 0.717) is 0 Å². The van der Waals surface area contributed by atoms with E-state index in [9.17, 15) is 0 Å². The molecule has 1 nitrogen and oxygen atoms in total. The van der Waals surface area contributed by atoms with Gasteiger partial charge in [0.25, 0.3) is 0 Å². The van der Waals surface area contributed by atoms with E-state index in [-0.39, 0.29) is 0 Å². The highest BCUT2D eigenvalue weighted by Gasteiger charge is 2.23. The summed E-state index contributed by atoms with van der Waals surface area (Å²) in [6.07, 6.45) is 2.65. The quantitative estimate of drug-likeness (QED) is 0.745. The van der Waals surface area contributed by atoms with Crippen molar-refractivity contribution >= 4 is 17.3 Å². The van der Waals surface area contributed by atoms with E-state index in [1.807, 2.05) is 12.1 Å². The Morgan fingerprint density at radius 2 is 2.06 bits per heavy atom. The lowest BCUT2D eigenvalue weighted by molar-refractivity contribution is 0.322. The van der Waals surface area contributed by atoms with Crippen LogP contribution < -0.4 is 4.90 Å². The van der Waals surface area contributed by atoms with Gasteiger partial charge in [0.2, 0.25) is 0 Å². The molecular formula is C14H20ClN. The molecule has 1 aromatic carbocycles. The van der Waals surface area contributed by atoms with Crippen LogP contribution in [-0.4, -0.2) is 13.1 Å². The zero-order valence-electron chi connectivity index (χ0n) is 10.1. The molecule has 1 aliphatic rings. The molecule has 0 amide bonds. The van der Waals surface area contributed by atoms with Gasteiger partial charge in [-0.2, -0.15) is 0 Å². The third-order valence-corrected chi connectivity index (χ3v) is 3.91. The van der Waals surface area contributed by atoms with Crippen LogP contribution >= 0.6 is 11.6 Å². The van der Waals surface area contributed by atoms with Crippen LogP contribution in [0.2, 0.25) is 5.02 Å². The number of halogens is 1. The van der Waals surface area contributed by atoms with E-state index in [0.717, 1.165) is 29.9 Å². The van der Waals surface area contributed by atoms with Gasteiger partial charge in [-0.05, 0) is 36.8 Å². The Balaban J connectivity index is 2.13. The van der Waals surface area contributed by atoms with Gasteiger partial charge in [-0.1, -0.05) is 37.6 Å². The molecule has 1 atom stereocenters. The van der Waals surface area contributed by atoms with Gasteiger partial charge in [0, 0.05) is 13.1 Å². The predicted octanol–water partition coefficient (Wildman–Crippen LogP) is 4.21. The first-order chi connectivity index (χ1) is 7.68. The molecule has 2 rings (SSSR count). The minimum atomic E-state index is 0.769. The Hall–Kier alpha value is -0.690. The van der Waals surface area contributed by atoms with Gasteiger partial charge >= 0.3 is 0 Å². The van der Waals surface area contributed by atoms with Crippen LogP contribution in [0.5, 0.6) is 0 Å². The van der Waals surface area contributed by atoms with Crippen molar-refractivity contribution in [1.29, 1.82) is 0 Å². The van der Waals surface area contributed by atoms with Crippen molar-refractivity contribution in [3.05, 3.63) is 29.3 Å². The number of nitrogens with zero attached hydrogens (tertiary/aromatic N) is 1. The SMILES string of the molecule is CC(C)C1CCCN(c2ccccc2Cl)C1. The molecule has 0 bridgehead atoms. The second kappa shape index (κ2) is 5.09. The molecule has 0 radical (unpaired) electrons. The molecule has 0 N–H and O–H groups in total. The molecule has 0 spiro atoms. The molecule has 88 valence electrons. The summed E-state index contributed by atoms with van der Waals surface area (Å²) >= 11 is 6.24. The third-order valence-electron chi connectivity index (χ3n) is 3.59. The predicted molar refractivity (Wildman–Crippen MR) is 71.2 cm³/mol. The van der Waals surface area contributed by atoms with Gasteiger partial charge in [-0.25, -0.2) is 0 Å². The largest absolute Gasteiger partial charge is 0.370 e. The molecule has 1 aliphatic heterocycles. The van der Waals surface area contributed by atoms with E-state index < -0.39 is 0 Å². The Bertz CT molecular complexity index is 348. The van der Waals surface area contributed by atoms with E-state index >= 15 is 0 Å². The molecule has 1 saturated heterocycles. The van der Waals surface area contributed by atoms with Crippen LogP contribution in [-0.2, 0) is 0 Å². The smallest absolute Gasteiger partial charge is 0.0639 e. The van der Waals surface area contributed by atoms with E-state index in [1.54, 1.807) is 0 Å².